The van der Waals surface area contributed by atoms with E-state index in [2.05, 4.69) is 11.9 Å². The minimum Gasteiger partial charge on any atom is -0.497 e. The molecule has 0 atom stereocenters. The summed E-state index contributed by atoms with van der Waals surface area (Å²) in [6, 6.07) is 5.89. The van der Waals surface area contributed by atoms with Gasteiger partial charge < -0.3 is 14.8 Å². The highest BCUT2D eigenvalue weighted by molar-refractivity contribution is 7.99. The first-order chi connectivity index (χ1) is 8.81. The minimum absolute atomic E-state index is 0.807. The third kappa shape index (κ3) is 5.02. The molecule has 3 nitrogen and oxygen atoms in total. The zero-order valence-corrected chi connectivity index (χ0v) is 11.9. The minimum atomic E-state index is 0.807. The molecule has 0 aliphatic carbocycles. The molecule has 0 unspecified atom stereocenters. The number of hydrogen-bond acceptors (Lipinski definition) is 4. The van der Waals surface area contributed by atoms with Crippen LogP contribution in [0, 0.1) is 0 Å². The zero-order valence-electron chi connectivity index (χ0n) is 11.1. The molecule has 0 saturated carbocycles. The lowest BCUT2D eigenvalue weighted by Gasteiger charge is -2.11. The van der Waals surface area contributed by atoms with Gasteiger partial charge in [0.2, 0.25) is 0 Å². The summed E-state index contributed by atoms with van der Waals surface area (Å²) < 4.78 is 10.5. The fourth-order valence-corrected chi connectivity index (χ4v) is 2.15. The summed E-state index contributed by atoms with van der Waals surface area (Å²) in [5, 5.41) is 3.40. The third-order valence-electron chi connectivity index (χ3n) is 2.47. The smallest absolute Gasteiger partial charge is 0.127 e. The second-order valence-corrected chi connectivity index (χ2v) is 4.87. The molecular weight excluding hydrogens is 246 g/mol. The Bertz CT molecular complexity index is 369. The molecule has 1 N–H and O–H groups in total. The van der Waals surface area contributed by atoms with Crippen LogP contribution >= 0.6 is 11.8 Å². The van der Waals surface area contributed by atoms with Crippen molar-refractivity contribution < 1.29 is 9.47 Å². The number of hydrogen-bond donors (Lipinski definition) is 1. The van der Waals surface area contributed by atoms with Gasteiger partial charge in [-0.1, -0.05) is 12.1 Å². The van der Waals surface area contributed by atoms with Crippen LogP contribution in [0.1, 0.15) is 5.56 Å². The van der Waals surface area contributed by atoms with Crippen LogP contribution in [-0.2, 0) is 6.54 Å². The van der Waals surface area contributed by atoms with Crippen LogP contribution < -0.4 is 14.8 Å². The van der Waals surface area contributed by atoms with Crippen molar-refractivity contribution in [2.45, 2.75) is 6.54 Å². The summed E-state index contributed by atoms with van der Waals surface area (Å²) >= 11 is 1.87. The van der Waals surface area contributed by atoms with Crippen molar-refractivity contribution in [3.63, 3.8) is 0 Å². The van der Waals surface area contributed by atoms with E-state index in [1.165, 1.54) is 0 Å². The van der Waals surface area contributed by atoms with Crippen LogP contribution in [0.4, 0.5) is 0 Å². The second-order valence-electron chi connectivity index (χ2n) is 3.72. The van der Waals surface area contributed by atoms with Crippen molar-refractivity contribution in [2.75, 3.05) is 32.3 Å². The molecule has 0 heterocycles. The first-order valence-corrected chi connectivity index (χ1v) is 7.07. The fourth-order valence-electron chi connectivity index (χ4n) is 1.53. The van der Waals surface area contributed by atoms with E-state index >= 15 is 0 Å². The van der Waals surface area contributed by atoms with E-state index < -0.39 is 0 Å². The summed E-state index contributed by atoms with van der Waals surface area (Å²) in [7, 11) is 3.34. The molecule has 0 aromatic heterocycles. The summed E-state index contributed by atoms with van der Waals surface area (Å²) in [4.78, 5) is 0. The Morgan fingerprint density at radius 3 is 2.83 bits per heavy atom. The number of rotatable bonds is 9. The van der Waals surface area contributed by atoms with Crippen LogP contribution in [0.3, 0.4) is 0 Å². The number of nitrogens with one attached hydrogen (secondary N) is 1. The Morgan fingerprint density at radius 2 is 2.17 bits per heavy atom. The van der Waals surface area contributed by atoms with Crippen molar-refractivity contribution in [2.24, 2.45) is 0 Å². The maximum absolute atomic E-state index is 5.34. The van der Waals surface area contributed by atoms with Crippen LogP contribution in [0.5, 0.6) is 11.5 Å². The lowest BCUT2D eigenvalue weighted by Crippen LogP contribution is -2.17. The molecule has 0 fully saturated rings. The van der Waals surface area contributed by atoms with Gasteiger partial charge in [0.15, 0.2) is 0 Å². The molecule has 0 aliphatic heterocycles. The van der Waals surface area contributed by atoms with Crippen molar-refractivity contribution in [3.05, 3.63) is 36.4 Å². The van der Waals surface area contributed by atoms with Crippen molar-refractivity contribution in [1.82, 2.24) is 5.32 Å². The quantitative estimate of drug-likeness (QED) is 0.550. The molecule has 100 valence electrons. The molecule has 18 heavy (non-hydrogen) atoms. The Kier molecular flexibility index (Phi) is 7.37. The van der Waals surface area contributed by atoms with Gasteiger partial charge in [-0.3, -0.25) is 0 Å². The van der Waals surface area contributed by atoms with E-state index in [0.717, 1.165) is 41.7 Å². The van der Waals surface area contributed by atoms with Gasteiger partial charge in [-0.05, 0) is 6.07 Å². The van der Waals surface area contributed by atoms with E-state index in [9.17, 15) is 0 Å². The summed E-state index contributed by atoms with van der Waals surface area (Å²) in [5.74, 6) is 3.77. The normalized spacial score (nSPS) is 10.1. The van der Waals surface area contributed by atoms with Crippen LogP contribution in [0.2, 0.25) is 0 Å². The molecule has 0 saturated heterocycles. The van der Waals surface area contributed by atoms with Gasteiger partial charge in [0.25, 0.3) is 0 Å². The monoisotopic (exact) mass is 267 g/mol. The van der Waals surface area contributed by atoms with E-state index in [0.29, 0.717) is 0 Å². The largest absolute Gasteiger partial charge is 0.497 e. The molecule has 0 bridgehead atoms. The topological polar surface area (TPSA) is 30.5 Å². The molecule has 4 heteroatoms. The fraction of sp³-hybridized carbons (Fsp3) is 0.429. The van der Waals surface area contributed by atoms with Crippen molar-refractivity contribution in [1.29, 1.82) is 0 Å². The summed E-state index contributed by atoms with van der Waals surface area (Å²) in [6.45, 7) is 5.48. The highest BCUT2D eigenvalue weighted by atomic mass is 32.2. The first kappa shape index (κ1) is 14.9. The van der Waals surface area contributed by atoms with E-state index in [-0.39, 0.29) is 0 Å². The maximum atomic E-state index is 5.34. The number of ether oxygens (including phenoxy) is 2. The molecule has 0 radical (unpaired) electrons. The van der Waals surface area contributed by atoms with Gasteiger partial charge in [0.05, 0.1) is 14.2 Å². The summed E-state index contributed by atoms with van der Waals surface area (Å²) in [6.07, 6.45) is 1.93. The molecule has 0 aliphatic rings. The van der Waals surface area contributed by atoms with Gasteiger partial charge in [-0.2, -0.15) is 11.8 Å². The average Bonchev–Trinajstić information content (AvgIpc) is 2.42. The third-order valence-corrected chi connectivity index (χ3v) is 3.43. The molecule has 1 aromatic carbocycles. The molecular formula is C14H21NO2S. The first-order valence-electron chi connectivity index (χ1n) is 5.92. The Morgan fingerprint density at radius 1 is 1.33 bits per heavy atom. The summed E-state index contributed by atoms with van der Waals surface area (Å²) in [5.41, 5.74) is 1.15. The Balaban J connectivity index is 2.39. The van der Waals surface area contributed by atoms with Gasteiger partial charge in [-0.25, -0.2) is 0 Å². The number of thioether (sulfide) groups is 1. The van der Waals surface area contributed by atoms with Crippen LogP contribution in [0.25, 0.3) is 0 Å². The molecule has 0 amide bonds. The SMILES string of the molecule is C=CCSCCNCc1ccc(OC)cc1OC. The van der Waals surface area contributed by atoms with Gasteiger partial charge >= 0.3 is 0 Å². The maximum Gasteiger partial charge on any atom is 0.127 e. The lowest BCUT2D eigenvalue weighted by atomic mass is 10.2. The molecule has 0 spiro atoms. The van der Waals surface area contributed by atoms with Gasteiger partial charge in [0.1, 0.15) is 11.5 Å². The van der Waals surface area contributed by atoms with Crippen molar-refractivity contribution >= 4 is 11.8 Å². The average molecular weight is 267 g/mol. The number of methoxy groups -OCH3 is 2. The van der Waals surface area contributed by atoms with E-state index in [1.807, 2.05) is 36.0 Å². The standard InChI is InChI=1S/C14H21NO2S/c1-4-8-18-9-7-15-11-12-5-6-13(16-2)10-14(12)17-3/h4-6,10,15H,1,7-9,11H2,2-3H3. The highest BCUT2D eigenvalue weighted by Gasteiger charge is 2.04. The lowest BCUT2D eigenvalue weighted by molar-refractivity contribution is 0.390. The van der Waals surface area contributed by atoms with Crippen LogP contribution in [-0.4, -0.2) is 32.3 Å². The second kappa shape index (κ2) is 8.89. The highest BCUT2D eigenvalue weighted by Crippen LogP contribution is 2.24. The molecule has 1 rings (SSSR count). The number of benzene rings is 1. The zero-order chi connectivity index (χ0) is 13.2. The van der Waals surface area contributed by atoms with Gasteiger partial charge in [-0.15, -0.1) is 6.58 Å². The predicted molar refractivity (Wildman–Crippen MR) is 78.8 cm³/mol. The Hall–Kier alpha value is -1.13. The Labute approximate surface area is 114 Å². The van der Waals surface area contributed by atoms with E-state index in [4.69, 9.17) is 9.47 Å². The van der Waals surface area contributed by atoms with Gasteiger partial charge in [0, 0.05) is 36.2 Å². The van der Waals surface area contributed by atoms with Crippen molar-refractivity contribution in [3.8, 4) is 11.5 Å². The predicted octanol–water partition coefficient (Wildman–Crippen LogP) is 2.71. The van der Waals surface area contributed by atoms with E-state index in [1.54, 1.807) is 14.2 Å². The molecule has 1 aromatic rings. The van der Waals surface area contributed by atoms with Crippen LogP contribution in [0.15, 0.2) is 30.9 Å².